The van der Waals surface area contributed by atoms with Crippen LogP contribution >= 0.6 is 0 Å². The fourth-order valence-corrected chi connectivity index (χ4v) is 4.81. The van der Waals surface area contributed by atoms with E-state index in [1.165, 1.54) is 4.90 Å². The largest absolute Gasteiger partial charge is 0.507 e. The number of para-hydroxylation sites is 2. The number of carbonyl (C=O) groups excluding carboxylic acids is 2. The summed E-state index contributed by atoms with van der Waals surface area (Å²) in [5.41, 5.74) is 3.14. The van der Waals surface area contributed by atoms with Crippen LogP contribution in [0.15, 0.2) is 84.6 Å². The van der Waals surface area contributed by atoms with Gasteiger partial charge in [0.1, 0.15) is 17.3 Å². The highest BCUT2D eigenvalue weighted by Gasteiger charge is 2.46. The fraction of sp³-hybridized carbons (Fsp3) is 0.172. The number of carbonyl (C=O) groups is 2. The van der Waals surface area contributed by atoms with Crippen LogP contribution in [0.25, 0.3) is 16.7 Å². The van der Waals surface area contributed by atoms with E-state index in [1.807, 2.05) is 48.7 Å². The molecule has 2 N–H and O–H groups in total. The smallest absolute Gasteiger partial charge is 0.295 e. The van der Waals surface area contributed by atoms with E-state index in [-0.39, 0.29) is 17.9 Å². The first kappa shape index (κ1) is 23.2. The number of nitrogens with one attached hydrogen (secondary N) is 1. The number of methoxy groups -OCH3 is 2. The summed E-state index contributed by atoms with van der Waals surface area (Å²) in [6.45, 7) is 0.286. The van der Waals surface area contributed by atoms with Crippen molar-refractivity contribution in [2.75, 3.05) is 20.8 Å². The van der Waals surface area contributed by atoms with Gasteiger partial charge in [-0.05, 0) is 48.4 Å². The number of aromatic amines is 1. The predicted molar refractivity (Wildman–Crippen MR) is 137 cm³/mol. The van der Waals surface area contributed by atoms with Crippen LogP contribution in [0.3, 0.4) is 0 Å². The van der Waals surface area contributed by atoms with Gasteiger partial charge in [0.05, 0.1) is 25.8 Å². The van der Waals surface area contributed by atoms with Gasteiger partial charge in [-0.1, -0.05) is 36.4 Å². The van der Waals surface area contributed by atoms with Crippen molar-refractivity contribution >= 4 is 28.4 Å². The topological polar surface area (TPSA) is 91.9 Å². The second-order valence-corrected chi connectivity index (χ2v) is 8.57. The molecule has 1 atom stereocenters. The lowest BCUT2D eigenvalue weighted by Gasteiger charge is -2.26. The number of benzene rings is 3. The van der Waals surface area contributed by atoms with Gasteiger partial charge in [0.25, 0.3) is 11.7 Å². The van der Waals surface area contributed by atoms with Gasteiger partial charge in [0.15, 0.2) is 0 Å². The zero-order valence-electron chi connectivity index (χ0n) is 20.0. The molecule has 1 aliphatic rings. The van der Waals surface area contributed by atoms with Crippen molar-refractivity contribution in [3.63, 3.8) is 0 Å². The molecular weight excluding hydrogens is 456 g/mol. The predicted octanol–water partition coefficient (Wildman–Crippen LogP) is 4.85. The van der Waals surface area contributed by atoms with Gasteiger partial charge in [-0.15, -0.1) is 0 Å². The highest BCUT2D eigenvalue weighted by molar-refractivity contribution is 6.46. The SMILES string of the molecule is COc1ccc(/C(O)=C2/C(=O)C(=O)N(CCc3c[nH]c4ccccc34)C2c2ccccc2OC)cc1. The van der Waals surface area contributed by atoms with Crippen LogP contribution in [0.2, 0.25) is 0 Å². The fourth-order valence-electron chi connectivity index (χ4n) is 4.81. The Balaban J connectivity index is 1.59. The number of aliphatic hydroxyl groups is 1. The van der Waals surface area contributed by atoms with Crippen LogP contribution in [0.4, 0.5) is 0 Å². The van der Waals surface area contributed by atoms with Gasteiger partial charge in [0, 0.05) is 34.8 Å². The number of H-pyrrole nitrogens is 1. The number of likely N-dealkylation sites (tertiary alicyclic amines) is 1. The molecule has 0 radical (unpaired) electrons. The molecule has 3 aromatic carbocycles. The molecule has 4 aromatic rings. The maximum Gasteiger partial charge on any atom is 0.295 e. The Morgan fingerprint density at radius 2 is 1.67 bits per heavy atom. The number of amides is 1. The summed E-state index contributed by atoms with van der Waals surface area (Å²) >= 11 is 0. The molecular formula is C29H26N2O5. The highest BCUT2D eigenvalue weighted by atomic mass is 16.5. The van der Waals surface area contributed by atoms with Crippen LogP contribution in [-0.2, 0) is 16.0 Å². The molecule has 7 nitrogen and oxygen atoms in total. The number of ether oxygens (including phenoxy) is 2. The standard InChI is InChI=1S/C29H26N2O5/c1-35-20-13-11-18(12-14-20)27(32)25-26(22-8-4-6-10-24(22)36-2)31(29(34)28(25)33)16-15-19-17-30-23-9-5-3-7-21(19)23/h3-14,17,26,30,32H,15-16H2,1-2H3/b27-25-. The number of nitrogens with zero attached hydrogens (tertiary/aromatic N) is 1. The van der Waals surface area contributed by atoms with E-state index < -0.39 is 17.7 Å². The summed E-state index contributed by atoms with van der Waals surface area (Å²) in [4.78, 5) is 31.4. The van der Waals surface area contributed by atoms with E-state index in [9.17, 15) is 14.7 Å². The molecule has 2 heterocycles. The number of Topliss-reactive ketones (excluding diaryl/α,β-unsaturated/α-hetero) is 1. The molecule has 1 saturated heterocycles. The molecule has 182 valence electrons. The monoisotopic (exact) mass is 482 g/mol. The second-order valence-electron chi connectivity index (χ2n) is 8.57. The van der Waals surface area contributed by atoms with Crippen molar-refractivity contribution in [1.29, 1.82) is 0 Å². The quantitative estimate of drug-likeness (QED) is 0.223. The van der Waals surface area contributed by atoms with Crippen molar-refractivity contribution in [1.82, 2.24) is 9.88 Å². The summed E-state index contributed by atoms with van der Waals surface area (Å²) < 4.78 is 10.8. The summed E-state index contributed by atoms with van der Waals surface area (Å²) in [6.07, 6.45) is 2.46. The van der Waals surface area contributed by atoms with Gasteiger partial charge in [-0.2, -0.15) is 0 Å². The van der Waals surface area contributed by atoms with E-state index in [1.54, 1.807) is 44.6 Å². The van der Waals surface area contributed by atoms with Gasteiger partial charge in [0.2, 0.25) is 0 Å². The zero-order valence-corrected chi connectivity index (χ0v) is 20.0. The van der Waals surface area contributed by atoms with E-state index in [0.29, 0.717) is 29.0 Å². The molecule has 5 rings (SSSR count). The first-order valence-corrected chi connectivity index (χ1v) is 11.6. The number of aromatic nitrogens is 1. The van der Waals surface area contributed by atoms with Gasteiger partial charge in [-0.3, -0.25) is 9.59 Å². The van der Waals surface area contributed by atoms with Crippen molar-refractivity contribution in [2.45, 2.75) is 12.5 Å². The van der Waals surface area contributed by atoms with Crippen LogP contribution < -0.4 is 9.47 Å². The minimum absolute atomic E-state index is 0.0357. The Bertz CT molecular complexity index is 1470. The molecule has 1 aromatic heterocycles. The van der Waals surface area contributed by atoms with Crippen molar-refractivity contribution in [2.24, 2.45) is 0 Å². The molecule has 0 spiro atoms. The maximum atomic E-state index is 13.3. The first-order chi connectivity index (χ1) is 17.5. The van der Waals surface area contributed by atoms with Crippen molar-refractivity contribution < 1.29 is 24.2 Å². The molecule has 0 saturated carbocycles. The Hall–Kier alpha value is -4.52. The molecule has 0 bridgehead atoms. The maximum absolute atomic E-state index is 13.3. The Labute approximate surface area is 208 Å². The summed E-state index contributed by atoms with van der Waals surface area (Å²) in [5, 5.41) is 12.3. The molecule has 1 aliphatic heterocycles. The van der Waals surface area contributed by atoms with Crippen molar-refractivity contribution in [3.05, 3.63) is 101 Å². The lowest BCUT2D eigenvalue weighted by atomic mass is 9.94. The third kappa shape index (κ3) is 3.98. The molecule has 1 fully saturated rings. The zero-order chi connectivity index (χ0) is 25.2. The second kappa shape index (κ2) is 9.62. The number of aliphatic hydroxyl groups excluding tert-OH is 1. The normalized spacial score (nSPS) is 17.1. The third-order valence-corrected chi connectivity index (χ3v) is 6.63. The number of hydrogen-bond donors (Lipinski definition) is 2. The lowest BCUT2D eigenvalue weighted by molar-refractivity contribution is -0.139. The van der Waals surface area contributed by atoms with Crippen LogP contribution in [0, 0.1) is 0 Å². The molecule has 0 aliphatic carbocycles. The minimum Gasteiger partial charge on any atom is -0.507 e. The van der Waals surface area contributed by atoms with Gasteiger partial charge < -0.3 is 24.5 Å². The highest BCUT2D eigenvalue weighted by Crippen LogP contribution is 2.42. The average Bonchev–Trinajstić information content (AvgIpc) is 3.45. The van der Waals surface area contributed by atoms with Crippen LogP contribution in [0.5, 0.6) is 11.5 Å². The van der Waals surface area contributed by atoms with Crippen molar-refractivity contribution in [3.8, 4) is 11.5 Å². The molecule has 7 heteroatoms. The van der Waals surface area contributed by atoms with E-state index in [0.717, 1.165) is 16.5 Å². The number of ketones is 1. The molecule has 1 amide bonds. The van der Waals surface area contributed by atoms with Crippen LogP contribution in [-0.4, -0.2) is 47.4 Å². The van der Waals surface area contributed by atoms with Gasteiger partial charge in [-0.25, -0.2) is 0 Å². The lowest BCUT2D eigenvalue weighted by Crippen LogP contribution is -2.31. The number of hydrogen-bond acceptors (Lipinski definition) is 5. The minimum atomic E-state index is -0.798. The Kier molecular flexibility index (Phi) is 6.21. The Morgan fingerprint density at radius 1 is 0.944 bits per heavy atom. The number of rotatable bonds is 7. The summed E-state index contributed by atoms with van der Waals surface area (Å²) in [7, 11) is 3.09. The average molecular weight is 483 g/mol. The third-order valence-electron chi connectivity index (χ3n) is 6.63. The Morgan fingerprint density at radius 3 is 2.42 bits per heavy atom. The van der Waals surface area contributed by atoms with E-state index in [2.05, 4.69) is 4.98 Å². The molecule has 36 heavy (non-hydrogen) atoms. The van der Waals surface area contributed by atoms with E-state index >= 15 is 0 Å². The van der Waals surface area contributed by atoms with E-state index in [4.69, 9.17) is 9.47 Å². The van der Waals surface area contributed by atoms with Gasteiger partial charge >= 0.3 is 0 Å². The number of fused-ring (bicyclic) bond motifs is 1. The summed E-state index contributed by atoms with van der Waals surface area (Å²) in [5.74, 6) is -0.463. The first-order valence-electron chi connectivity index (χ1n) is 11.6. The molecule has 1 unspecified atom stereocenters. The summed E-state index contributed by atoms with van der Waals surface area (Å²) in [6, 6.07) is 21.1. The van der Waals surface area contributed by atoms with Crippen LogP contribution in [0.1, 0.15) is 22.7 Å².